The fourth-order valence-corrected chi connectivity index (χ4v) is 3.84. The van der Waals surface area contributed by atoms with Gasteiger partial charge in [-0.05, 0) is 53.3 Å². The Morgan fingerprint density at radius 3 is 2.38 bits per heavy atom. The molecule has 1 heterocycles. The Bertz CT molecular complexity index is 821. The van der Waals surface area contributed by atoms with Crippen molar-refractivity contribution in [2.45, 2.75) is 39.2 Å². The molecule has 0 aliphatic heterocycles. The van der Waals surface area contributed by atoms with Gasteiger partial charge in [0.25, 0.3) is 0 Å². The molecule has 0 amide bonds. The molecule has 0 unspecified atom stereocenters. The highest BCUT2D eigenvalue weighted by Gasteiger charge is 2.23. The molecule has 0 aliphatic rings. The van der Waals surface area contributed by atoms with Gasteiger partial charge in [0.2, 0.25) is 0 Å². The van der Waals surface area contributed by atoms with Crippen molar-refractivity contribution in [2.75, 3.05) is 6.61 Å². The van der Waals surface area contributed by atoms with Gasteiger partial charge in [0.15, 0.2) is 0 Å². The van der Waals surface area contributed by atoms with Crippen molar-refractivity contribution in [1.29, 1.82) is 0 Å². The lowest BCUT2D eigenvalue weighted by molar-refractivity contribution is 0.0835. The first-order valence-corrected chi connectivity index (χ1v) is 9.92. The van der Waals surface area contributed by atoms with Gasteiger partial charge in [0, 0.05) is 10.3 Å². The van der Waals surface area contributed by atoms with Crippen LogP contribution in [0.25, 0.3) is 0 Å². The number of hydrogen-bond donors (Lipinski definition) is 0. The minimum Gasteiger partial charge on any atom is -0.457 e. The minimum atomic E-state index is 0.0240. The number of ether oxygens (including phenoxy) is 2. The fraction of sp³-hybridized carbons (Fsp3) is 0.304. The van der Waals surface area contributed by atoms with E-state index >= 15 is 0 Å². The van der Waals surface area contributed by atoms with E-state index in [1.165, 1.54) is 10.4 Å². The van der Waals surface area contributed by atoms with Crippen molar-refractivity contribution in [3.8, 4) is 11.5 Å². The molecule has 0 saturated carbocycles. The smallest absolute Gasteiger partial charge is 0.127 e. The van der Waals surface area contributed by atoms with Crippen molar-refractivity contribution in [3.63, 3.8) is 0 Å². The second kappa shape index (κ2) is 8.52. The second-order valence-corrected chi connectivity index (χ2v) is 8.02. The number of thiophene rings is 1. The number of para-hydroxylation sites is 1. The van der Waals surface area contributed by atoms with Crippen LogP contribution in [0.2, 0.25) is 0 Å². The van der Waals surface area contributed by atoms with Crippen LogP contribution in [-0.4, -0.2) is 6.61 Å². The molecule has 0 fully saturated rings. The molecule has 0 bridgehead atoms. The summed E-state index contributed by atoms with van der Waals surface area (Å²) in [5, 5.41) is 2.25. The second-order valence-electron chi connectivity index (χ2n) is 7.11. The Balaban J connectivity index is 1.57. The first-order valence-electron chi connectivity index (χ1n) is 9.04. The molecule has 2 aromatic carbocycles. The van der Waals surface area contributed by atoms with Crippen LogP contribution in [0.4, 0.5) is 0 Å². The molecule has 0 radical (unpaired) electrons. The van der Waals surface area contributed by atoms with E-state index in [0.717, 1.165) is 23.5 Å². The van der Waals surface area contributed by atoms with E-state index in [4.69, 9.17) is 9.47 Å². The molecule has 0 aliphatic carbocycles. The molecule has 136 valence electrons. The van der Waals surface area contributed by atoms with E-state index in [2.05, 4.69) is 38.3 Å². The summed E-state index contributed by atoms with van der Waals surface area (Å²) >= 11 is 1.83. The van der Waals surface area contributed by atoms with E-state index < -0.39 is 0 Å². The van der Waals surface area contributed by atoms with Crippen LogP contribution in [0.15, 0.2) is 66.0 Å². The molecule has 0 atom stereocenters. The van der Waals surface area contributed by atoms with Gasteiger partial charge in [-0.15, -0.1) is 11.3 Å². The number of hydrogen-bond acceptors (Lipinski definition) is 3. The standard InChI is InChI=1S/C23H26O2S/c1-4-18-14-22(26-16-18)23(2,3)17-24-15-19-9-8-12-21(13-19)25-20-10-6-5-7-11-20/h5-14,16H,4,15,17H2,1-3H3. The average molecular weight is 367 g/mol. The van der Waals surface area contributed by atoms with Crippen molar-refractivity contribution >= 4 is 11.3 Å². The number of rotatable bonds is 8. The van der Waals surface area contributed by atoms with Gasteiger partial charge in [-0.25, -0.2) is 0 Å². The lowest BCUT2D eigenvalue weighted by atomic mass is 9.92. The third kappa shape index (κ3) is 4.96. The van der Waals surface area contributed by atoms with Gasteiger partial charge < -0.3 is 9.47 Å². The van der Waals surface area contributed by atoms with Crippen molar-refractivity contribution in [2.24, 2.45) is 0 Å². The van der Waals surface area contributed by atoms with E-state index in [1.807, 2.05) is 59.9 Å². The molecule has 3 rings (SSSR count). The number of aryl methyl sites for hydroxylation is 1. The van der Waals surface area contributed by atoms with Gasteiger partial charge in [0.05, 0.1) is 13.2 Å². The maximum Gasteiger partial charge on any atom is 0.127 e. The van der Waals surface area contributed by atoms with E-state index in [9.17, 15) is 0 Å². The maximum absolute atomic E-state index is 6.04. The van der Waals surface area contributed by atoms with E-state index in [1.54, 1.807) is 0 Å². The molecular formula is C23H26O2S. The third-order valence-electron chi connectivity index (χ3n) is 4.34. The third-order valence-corrected chi connectivity index (χ3v) is 5.68. The largest absolute Gasteiger partial charge is 0.457 e. The van der Waals surface area contributed by atoms with Crippen molar-refractivity contribution < 1.29 is 9.47 Å². The summed E-state index contributed by atoms with van der Waals surface area (Å²) in [6.45, 7) is 7.96. The summed E-state index contributed by atoms with van der Waals surface area (Å²) in [6.07, 6.45) is 1.08. The summed E-state index contributed by atoms with van der Waals surface area (Å²) in [7, 11) is 0. The molecule has 3 aromatic rings. The van der Waals surface area contributed by atoms with Gasteiger partial charge in [-0.1, -0.05) is 51.1 Å². The lowest BCUT2D eigenvalue weighted by Gasteiger charge is -2.23. The van der Waals surface area contributed by atoms with Crippen molar-refractivity contribution in [3.05, 3.63) is 82.0 Å². The Hall–Kier alpha value is -2.10. The zero-order chi connectivity index (χ0) is 18.4. The quantitative estimate of drug-likeness (QED) is 0.447. The van der Waals surface area contributed by atoms with Gasteiger partial charge in [-0.2, -0.15) is 0 Å². The Kier molecular flexibility index (Phi) is 6.12. The molecule has 1 aromatic heterocycles. The fourth-order valence-electron chi connectivity index (χ4n) is 2.73. The molecule has 0 N–H and O–H groups in total. The summed E-state index contributed by atoms with van der Waals surface area (Å²) in [5.41, 5.74) is 2.55. The number of benzene rings is 2. The summed E-state index contributed by atoms with van der Waals surface area (Å²) in [6, 6.07) is 20.2. The Labute approximate surface area is 160 Å². The van der Waals surface area contributed by atoms with Crippen LogP contribution in [0.1, 0.15) is 36.8 Å². The highest BCUT2D eigenvalue weighted by atomic mass is 32.1. The Morgan fingerprint density at radius 1 is 0.885 bits per heavy atom. The molecule has 2 nitrogen and oxygen atoms in total. The summed E-state index contributed by atoms with van der Waals surface area (Å²) in [4.78, 5) is 1.38. The molecule has 0 spiro atoms. The van der Waals surface area contributed by atoms with Gasteiger partial charge in [0.1, 0.15) is 11.5 Å². The predicted octanol–water partition coefficient (Wildman–Crippen LogP) is 6.60. The first-order chi connectivity index (χ1) is 12.6. The molecule has 3 heteroatoms. The monoisotopic (exact) mass is 366 g/mol. The molecule has 26 heavy (non-hydrogen) atoms. The predicted molar refractivity (Wildman–Crippen MR) is 109 cm³/mol. The molecule has 0 saturated heterocycles. The highest BCUT2D eigenvalue weighted by Crippen LogP contribution is 2.30. The van der Waals surface area contributed by atoms with E-state index in [-0.39, 0.29) is 5.41 Å². The van der Waals surface area contributed by atoms with Crippen LogP contribution in [0.3, 0.4) is 0 Å². The van der Waals surface area contributed by atoms with Crippen LogP contribution < -0.4 is 4.74 Å². The minimum absolute atomic E-state index is 0.0240. The van der Waals surface area contributed by atoms with E-state index in [0.29, 0.717) is 13.2 Å². The highest BCUT2D eigenvalue weighted by molar-refractivity contribution is 7.10. The zero-order valence-electron chi connectivity index (χ0n) is 15.7. The topological polar surface area (TPSA) is 18.5 Å². The molecular weight excluding hydrogens is 340 g/mol. The average Bonchev–Trinajstić information content (AvgIpc) is 3.13. The van der Waals surface area contributed by atoms with Crippen LogP contribution in [0, 0.1) is 0 Å². The van der Waals surface area contributed by atoms with Crippen LogP contribution in [0.5, 0.6) is 11.5 Å². The first kappa shape index (κ1) is 18.7. The lowest BCUT2D eigenvalue weighted by Crippen LogP contribution is -2.23. The van der Waals surface area contributed by atoms with Crippen molar-refractivity contribution in [1.82, 2.24) is 0 Å². The summed E-state index contributed by atoms with van der Waals surface area (Å²) in [5.74, 6) is 1.68. The maximum atomic E-state index is 6.04. The summed E-state index contributed by atoms with van der Waals surface area (Å²) < 4.78 is 11.9. The van der Waals surface area contributed by atoms with Gasteiger partial charge >= 0.3 is 0 Å². The van der Waals surface area contributed by atoms with Crippen LogP contribution >= 0.6 is 11.3 Å². The SMILES string of the molecule is CCc1csc(C(C)(C)COCc2cccc(Oc3ccccc3)c2)c1. The Morgan fingerprint density at radius 2 is 1.65 bits per heavy atom. The zero-order valence-corrected chi connectivity index (χ0v) is 16.5. The van der Waals surface area contributed by atoms with Crippen LogP contribution in [-0.2, 0) is 23.2 Å². The normalized spacial score (nSPS) is 11.5. The van der Waals surface area contributed by atoms with Gasteiger partial charge in [-0.3, -0.25) is 0 Å².